The molecule has 140 valence electrons. The van der Waals surface area contributed by atoms with Crippen molar-refractivity contribution in [1.29, 1.82) is 0 Å². The van der Waals surface area contributed by atoms with Gasteiger partial charge < -0.3 is 9.52 Å². The number of fused-ring (bicyclic) bond motifs is 1. The molecule has 2 heterocycles. The van der Waals surface area contributed by atoms with Gasteiger partial charge in [0.25, 0.3) is 11.1 Å². The van der Waals surface area contributed by atoms with Crippen LogP contribution in [-0.2, 0) is 11.3 Å². The van der Waals surface area contributed by atoms with Gasteiger partial charge >= 0.3 is 5.63 Å². The van der Waals surface area contributed by atoms with Gasteiger partial charge in [0.05, 0.1) is 11.4 Å². The molecule has 6 nitrogen and oxygen atoms in total. The fraction of sp³-hybridized carbons (Fsp3) is 0.0500. The van der Waals surface area contributed by atoms with Crippen molar-refractivity contribution in [1.82, 2.24) is 4.90 Å². The Labute approximate surface area is 171 Å². The van der Waals surface area contributed by atoms with Crippen LogP contribution in [0.4, 0.5) is 4.79 Å². The summed E-state index contributed by atoms with van der Waals surface area (Å²) >= 11 is 4.21. The van der Waals surface area contributed by atoms with Gasteiger partial charge in [0.2, 0.25) is 0 Å². The summed E-state index contributed by atoms with van der Waals surface area (Å²) in [5.41, 5.74) is 0.846. The molecule has 28 heavy (non-hydrogen) atoms. The predicted molar refractivity (Wildman–Crippen MR) is 110 cm³/mol. The minimum absolute atomic E-state index is 0.0450. The van der Waals surface area contributed by atoms with Crippen LogP contribution in [-0.4, -0.2) is 21.2 Å². The fourth-order valence-corrected chi connectivity index (χ4v) is 3.97. The minimum atomic E-state index is -0.620. The first-order valence-corrected chi connectivity index (χ1v) is 9.78. The van der Waals surface area contributed by atoms with E-state index in [1.54, 1.807) is 12.1 Å². The van der Waals surface area contributed by atoms with Crippen LogP contribution in [0.15, 0.2) is 67.1 Å². The highest BCUT2D eigenvalue weighted by atomic mass is 79.9. The monoisotopic (exact) mass is 457 g/mol. The van der Waals surface area contributed by atoms with Gasteiger partial charge in [0, 0.05) is 22.0 Å². The van der Waals surface area contributed by atoms with E-state index in [1.807, 2.05) is 24.3 Å². The Balaban J connectivity index is 1.66. The van der Waals surface area contributed by atoms with Crippen molar-refractivity contribution < 1.29 is 19.1 Å². The minimum Gasteiger partial charge on any atom is -0.508 e. The number of nitrogens with zero attached hydrogens (tertiary/aromatic N) is 1. The molecule has 3 aromatic rings. The second-order valence-electron chi connectivity index (χ2n) is 6.09. The normalized spacial score (nSPS) is 15.8. The van der Waals surface area contributed by atoms with Gasteiger partial charge in [-0.1, -0.05) is 28.1 Å². The Bertz CT molecular complexity index is 1200. The molecular formula is C20H12BrNO5S. The fourth-order valence-electron chi connectivity index (χ4n) is 2.87. The maximum Gasteiger partial charge on any atom is 0.336 e. The van der Waals surface area contributed by atoms with Crippen LogP contribution in [0.3, 0.4) is 0 Å². The smallest absolute Gasteiger partial charge is 0.336 e. The topological polar surface area (TPSA) is 87.8 Å². The number of hydrogen-bond acceptors (Lipinski definition) is 6. The second-order valence-corrected chi connectivity index (χ2v) is 8.00. The summed E-state index contributed by atoms with van der Waals surface area (Å²) in [5, 5.41) is 9.72. The van der Waals surface area contributed by atoms with E-state index in [4.69, 9.17) is 4.42 Å². The molecule has 1 aromatic heterocycles. The second kappa shape index (κ2) is 7.29. The maximum atomic E-state index is 12.7. The molecule has 0 bridgehead atoms. The number of benzene rings is 2. The van der Waals surface area contributed by atoms with Crippen molar-refractivity contribution in [2.24, 2.45) is 0 Å². The molecule has 1 fully saturated rings. The Hall–Kier alpha value is -2.84. The third-order valence-corrected chi connectivity index (χ3v) is 5.62. The van der Waals surface area contributed by atoms with Crippen molar-refractivity contribution in [3.8, 4) is 5.75 Å². The van der Waals surface area contributed by atoms with Gasteiger partial charge in [-0.2, -0.15) is 0 Å². The van der Waals surface area contributed by atoms with Crippen LogP contribution in [0.5, 0.6) is 5.75 Å². The van der Waals surface area contributed by atoms with Crippen LogP contribution in [0.2, 0.25) is 0 Å². The average Bonchev–Trinajstić information content (AvgIpc) is 2.90. The van der Waals surface area contributed by atoms with E-state index in [0.29, 0.717) is 15.9 Å². The van der Waals surface area contributed by atoms with Gasteiger partial charge in [-0.15, -0.1) is 0 Å². The van der Waals surface area contributed by atoms with Gasteiger partial charge in [0.15, 0.2) is 0 Å². The predicted octanol–water partition coefficient (Wildman–Crippen LogP) is 4.50. The molecule has 2 aromatic carbocycles. The lowest BCUT2D eigenvalue weighted by molar-refractivity contribution is -0.123. The first-order valence-electron chi connectivity index (χ1n) is 8.17. The van der Waals surface area contributed by atoms with Crippen molar-refractivity contribution in [2.75, 3.05) is 0 Å². The summed E-state index contributed by atoms with van der Waals surface area (Å²) in [5.74, 6) is -0.463. The largest absolute Gasteiger partial charge is 0.508 e. The summed E-state index contributed by atoms with van der Waals surface area (Å²) in [4.78, 5) is 38.4. The molecule has 1 saturated heterocycles. The first kappa shape index (κ1) is 18.5. The highest BCUT2D eigenvalue weighted by molar-refractivity contribution is 9.10. The lowest BCUT2D eigenvalue weighted by atomic mass is 10.1. The number of halogens is 1. The molecule has 0 atom stereocenters. The number of hydrogen-bond donors (Lipinski definition) is 1. The van der Waals surface area contributed by atoms with Gasteiger partial charge in [-0.05, 0) is 53.2 Å². The zero-order valence-corrected chi connectivity index (χ0v) is 16.6. The van der Waals surface area contributed by atoms with Crippen molar-refractivity contribution >= 4 is 55.9 Å². The first-order chi connectivity index (χ1) is 13.4. The lowest BCUT2D eigenvalue weighted by Crippen LogP contribution is -2.28. The Morgan fingerprint density at radius 2 is 1.82 bits per heavy atom. The number of amides is 2. The number of rotatable bonds is 3. The van der Waals surface area contributed by atoms with Crippen molar-refractivity contribution in [2.45, 2.75) is 6.54 Å². The van der Waals surface area contributed by atoms with E-state index < -0.39 is 16.8 Å². The molecule has 0 saturated carbocycles. The molecule has 2 amide bonds. The highest BCUT2D eigenvalue weighted by Crippen LogP contribution is 2.34. The summed E-state index contributed by atoms with van der Waals surface area (Å²) in [6, 6.07) is 13.0. The van der Waals surface area contributed by atoms with Crippen LogP contribution in [0.1, 0.15) is 11.1 Å². The highest BCUT2D eigenvalue weighted by Gasteiger charge is 2.35. The number of imide groups is 1. The number of aromatic hydroxyl groups is 1. The zero-order chi connectivity index (χ0) is 19.8. The molecular weight excluding hydrogens is 446 g/mol. The van der Waals surface area contributed by atoms with Crippen molar-refractivity contribution in [3.63, 3.8) is 0 Å². The standard InChI is InChI=1S/C20H12BrNO5S/c21-13-3-1-11(2-4-13)7-17-19(25)22(20(26)28-17)10-12-8-18(24)27-16-9-14(23)5-6-15(12)16/h1-9,23H,10H2/b17-7-. The Morgan fingerprint density at radius 1 is 1.07 bits per heavy atom. The number of carbonyl (C=O) groups excluding carboxylic acids is 2. The van der Waals surface area contributed by atoms with Crippen LogP contribution in [0, 0.1) is 0 Å². The lowest BCUT2D eigenvalue weighted by Gasteiger charge is -2.13. The Kier molecular flexibility index (Phi) is 4.82. The Morgan fingerprint density at radius 3 is 2.57 bits per heavy atom. The molecule has 1 N–H and O–H groups in total. The van der Waals surface area contributed by atoms with Crippen LogP contribution in [0.25, 0.3) is 17.0 Å². The maximum absolute atomic E-state index is 12.7. The van der Waals surface area contributed by atoms with E-state index in [2.05, 4.69) is 15.9 Å². The molecule has 1 aliphatic rings. The van der Waals surface area contributed by atoms with Crippen LogP contribution >= 0.6 is 27.7 Å². The number of phenols is 1. The molecule has 8 heteroatoms. The zero-order valence-electron chi connectivity index (χ0n) is 14.2. The molecule has 0 spiro atoms. The van der Waals surface area contributed by atoms with E-state index in [1.165, 1.54) is 18.2 Å². The van der Waals surface area contributed by atoms with E-state index >= 15 is 0 Å². The summed E-state index contributed by atoms with van der Waals surface area (Å²) in [7, 11) is 0. The third kappa shape index (κ3) is 3.61. The summed E-state index contributed by atoms with van der Waals surface area (Å²) in [6.45, 7) is -0.0603. The molecule has 0 unspecified atom stereocenters. The SMILES string of the molecule is O=C1S/C(=C\c2ccc(Br)cc2)C(=O)N1Cc1cc(=O)oc2cc(O)ccc12. The molecule has 0 radical (unpaired) electrons. The number of thioether (sulfide) groups is 1. The van der Waals surface area contributed by atoms with E-state index in [-0.39, 0.29) is 17.9 Å². The quantitative estimate of drug-likeness (QED) is 0.460. The summed E-state index contributed by atoms with van der Waals surface area (Å²) in [6.07, 6.45) is 1.66. The van der Waals surface area contributed by atoms with Gasteiger partial charge in [0.1, 0.15) is 11.3 Å². The third-order valence-electron chi connectivity index (χ3n) is 4.18. The van der Waals surface area contributed by atoms with Gasteiger partial charge in [-0.25, -0.2) is 4.79 Å². The van der Waals surface area contributed by atoms with Crippen molar-refractivity contribution in [3.05, 3.63) is 79.5 Å². The van der Waals surface area contributed by atoms with E-state index in [9.17, 15) is 19.5 Å². The molecule has 4 rings (SSSR count). The average molecular weight is 458 g/mol. The number of phenolic OH excluding ortho intramolecular Hbond substituents is 1. The molecule has 0 aliphatic carbocycles. The van der Waals surface area contributed by atoms with Crippen LogP contribution < -0.4 is 5.63 Å². The van der Waals surface area contributed by atoms with E-state index in [0.717, 1.165) is 26.7 Å². The molecule has 1 aliphatic heterocycles. The summed E-state index contributed by atoms with van der Waals surface area (Å²) < 4.78 is 6.00. The van der Waals surface area contributed by atoms with Gasteiger partial charge in [-0.3, -0.25) is 14.5 Å². The number of carbonyl (C=O) groups is 2.